The molecule has 6 heavy (non-hydrogen) atoms. The van der Waals surface area contributed by atoms with E-state index in [-0.39, 0.29) is 6.41 Å². The minimum Gasteiger partial charge on any atom is -0.276 e. The molecule has 0 N–H and O–H groups in total. The molecule has 0 saturated heterocycles. The maximum atomic E-state index is 9.65. The second kappa shape index (κ2) is 2.38. The van der Waals surface area contributed by atoms with Crippen LogP contribution in [0, 0.1) is 0 Å². The van der Waals surface area contributed by atoms with Gasteiger partial charge in [0.1, 0.15) is 0 Å². The number of imide groups is 1. The Balaban J connectivity index is 3.05. The van der Waals surface area contributed by atoms with E-state index in [2.05, 4.69) is 5.32 Å². The third-order valence-corrected chi connectivity index (χ3v) is 0.235. The van der Waals surface area contributed by atoms with Gasteiger partial charge in [-0.15, -0.1) is 0 Å². The van der Waals surface area contributed by atoms with Crippen molar-refractivity contribution < 1.29 is 9.59 Å². The molecule has 0 aromatic carbocycles. The van der Waals surface area contributed by atoms with Crippen LogP contribution in [0.4, 0.5) is 0 Å². The number of nitrogens with zero attached hydrogens (tertiary/aromatic N) is 1. The van der Waals surface area contributed by atoms with E-state index in [0.29, 0.717) is 0 Å². The molecule has 0 heterocycles. The highest BCUT2D eigenvalue weighted by Crippen LogP contribution is 1.51. The van der Waals surface area contributed by atoms with Crippen LogP contribution in [-0.2, 0) is 9.59 Å². The van der Waals surface area contributed by atoms with E-state index in [1.807, 2.05) is 0 Å². The lowest BCUT2D eigenvalue weighted by Crippen LogP contribution is -2.07. The largest absolute Gasteiger partial charge is 0.276 e. The molecule has 0 aromatic rings. The lowest BCUT2D eigenvalue weighted by atomic mass is 10.7. The van der Waals surface area contributed by atoms with Gasteiger partial charge in [-0.05, 0) is 0 Å². The molecule has 0 aliphatic carbocycles. The Bertz CT molecular complexity index is 69.2. The van der Waals surface area contributed by atoms with Crippen LogP contribution in [0.25, 0.3) is 0 Å². The van der Waals surface area contributed by atoms with Gasteiger partial charge in [0, 0.05) is 6.92 Å². The van der Waals surface area contributed by atoms with Crippen molar-refractivity contribution in [2.45, 2.75) is 6.92 Å². The van der Waals surface area contributed by atoms with Crippen LogP contribution in [0.1, 0.15) is 6.92 Å². The van der Waals surface area contributed by atoms with Gasteiger partial charge in [0.15, 0.2) is 0 Å². The maximum absolute atomic E-state index is 9.65. The minimum absolute atomic E-state index is 0.225. The standard InChI is InChI=1S/C3H4NO2/c1-3(6)4-2-5/h2H,1H3. The first-order chi connectivity index (χ1) is 2.77. The Morgan fingerprint density at radius 2 is 2.33 bits per heavy atom. The van der Waals surface area contributed by atoms with Gasteiger partial charge in [-0.1, -0.05) is 0 Å². The lowest BCUT2D eigenvalue weighted by molar-refractivity contribution is -0.123. The normalized spacial score (nSPS) is 6.83. The molecule has 0 aliphatic heterocycles. The van der Waals surface area contributed by atoms with Crippen molar-refractivity contribution in [3.8, 4) is 0 Å². The van der Waals surface area contributed by atoms with Crippen molar-refractivity contribution in [3.05, 3.63) is 0 Å². The van der Waals surface area contributed by atoms with Gasteiger partial charge in [-0.25, -0.2) is 0 Å². The summed E-state index contributed by atoms with van der Waals surface area (Å²) in [6.45, 7) is 1.22. The summed E-state index contributed by atoms with van der Waals surface area (Å²) in [5.41, 5.74) is 0. The summed E-state index contributed by atoms with van der Waals surface area (Å²) in [6.07, 6.45) is 0.225. The van der Waals surface area contributed by atoms with Crippen molar-refractivity contribution in [1.29, 1.82) is 0 Å². The zero-order valence-electron chi connectivity index (χ0n) is 3.34. The lowest BCUT2D eigenvalue weighted by Gasteiger charge is -1.73. The van der Waals surface area contributed by atoms with Gasteiger partial charge in [-0.3, -0.25) is 9.59 Å². The Labute approximate surface area is 35.3 Å². The van der Waals surface area contributed by atoms with Crippen molar-refractivity contribution in [3.63, 3.8) is 0 Å². The summed E-state index contributed by atoms with van der Waals surface area (Å²) in [4.78, 5) is 18.9. The molecular weight excluding hydrogens is 82.0 g/mol. The Hall–Kier alpha value is -0.860. The monoisotopic (exact) mass is 86.0 g/mol. The van der Waals surface area contributed by atoms with E-state index in [9.17, 15) is 9.59 Å². The molecule has 2 amide bonds. The van der Waals surface area contributed by atoms with Gasteiger partial charge in [0.25, 0.3) is 0 Å². The van der Waals surface area contributed by atoms with Gasteiger partial charge in [-0.2, -0.15) is 5.32 Å². The zero-order chi connectivity index (χ0) is 4.99. The van der Waals surface area contributed by atoms with Crippen LogP contribution < -0.4 is 5.32 Å². The summed E-state index contributed by atoms with van der Waals surface area (Å²) in [7, 11) is 0. The zero-order valence-corrected chi connectivity index (χ0v) is 3.34. The highest BCUT2D eigenvalue weighted by Gasteiger charge is 1.83. The van der Waals surface area contributed by atoms with E-state index in [4.69, 9.17) is 0 Å². The maximum Gasteiger partial charge on any atom is 0.245 e. The predicted molar refractivity (Wildman–Crippen MR) is 18.9 cm³/mol. The molecule has 33 valence electrons. The average Bonchev–Trinajstić information content (AvgIpc) is 1.35. The molecule has 0 aliphatic rings. The van der Waals surface area contributed by atoms with E-state index >= 15 is 0 Å². The van der Waals surface area contributed by atoms with Crippen LogP contribution in [0.2, 0.25) is 0 Å². The molecule has 0 spiro atoms. The topological polar surface area (TPSA) is 48.2 Å². The first kappa shape index (κ1) is 5.14. The summed E-state index contributed by atoms with van der Waals surface area (Å²) in [5.74, 6) is -0.454. The summed E-state index contributed by atoms with van der Waals surface area (Å²) < 4.78 is 0. The number of carbonyl (C=O) groups excluding carboxylic acids is 2. The van der Waals surface area contributed by atoms with Crippen LogP contribution in [0.5, 0.6) is 0 Å². The second-order valence-corrected chi connectivity index (χ2v) is 0.754. The Morgan fingerprint density at radius 3 is 2.33 bits per heavy atom. The van der Waals surface area contributed by atoms with Crippen LogP contribution in [-0.4, -0.2) is 12.3 Å². The first-order valence-corrected chi connectivity index (χ1v) is 1.42. The highest BCUT2D eigenvalue weighted by molar-refractivity contribution is 5.83. The van der Waals surface area contributed by atoms with Crippen LogP contribution in [0.15, 0.2) is 0 Å². The molecule has 0 aromatic heterocycles. The van der Waals surface area contributed by atoms with Crippen LogP contribution >= 0.6 is 0 Å². The fourth-order valence-corrected chi connectivity index (χ4v) is 0.0742. The summed E-state index contributed by atoms with van der Waals surface area (Å²) >= 11 is 0. The fraction of sp³-hybridized carbons (Fsp3) is 0.333. The summed E-state index contributed by atoms with van der Waals surface area (Å²) in [6, 6.07) is 0. The van der Waals surface area contributed by atoms with Crippen LogP contribution in [0.3, 0.4) is 0 Å². The van der Waals surface area contributed by atoms with Crippen molar-refractivity contribution >= 4 is 12.3 Å². The molecule has 0 unspecified atom stereocenters. The quantitative estimate of drug-likeness (QED) is 0.396. The smallest absolute Gasteiger partial charge is 0.245 e. The first-order valence-electron chi connectivity index (χ1n) is 1.42. The molecule has 1 radical (unpaired) electrons. The summed E-state index contributed by atoms with van der Waals surface area (Å²) in [5, 5.41) is 2.81. The molecule has 0 rings (SSSR count). The van der Waals surface area contributed by atoms with Gasteiger partial charge < -0.3 is 0 Å². The molecule has 3 nitrogen and oxygen atoms in total. The molecule has 0 fully saturated rings. The molecule has 3 heteroatoms. The van der Waals surface area contributed by atoms with E-state index in [0.717, 1.165) is 0 Å². The Kier molecular flexibility index (Phi) is 2.04. The van der Waals surface area contributed by atoms with Crippen molar-refractivity contribution in [1.82, 2.24) is 5.32 Å². The fourth-order valence-electron chi connectivity index (χ4n) is 0.0742. The number of hydrogen-bond donors (Lipinski definition) is 0. The van der Waals surface area contributed by atoms with Gasteiger partial charge >= 0.3 is 0 Å². The number of rotatable bonds is 1. The average molecular weight is 86.1 g/mol. The SMILES string of the molecule is CC(=O)[N]C=O. The van der Waals surface area contributed by atoms with E-state index < -0.39 is 5.91 Å². The number of carbonyl (C=O) groups is 2. The van der Waals surface area contributed by atoms with E-state index in [1.165, 1.54) is 6.92 Å². The molecular formula is C3H4NO2. The van der Waals surface area contributed by atoms with Gasteiger partial charge in [0.2, 0.25) is 12.3 Å². The Morgan fingerprint density at radius 1 is 1.83 bits per heavy atom. The highest BCUT2D eigenvalue weighted by atomic mass is 16.2. The molecule has 0 bridgehead atoms. The number of amides is 2. The van der Waals surface area contributed by atoms with Gasteiger partial charge in [0.05, 0.1) is 0 Å². The predicted octanol–water partition coefficient (Wildman–Crippen LogP) is -0.706. The molecule has 0 atom stereocenters. The van der Waals surface area contributed by atoms with Crippen molar-refractivity contribution in [2.75, 3.05) is 0 Å². The third kappa shape index (κ3) is 3.14. The number of hydrogen-bond acceptors (Lipinski definition) is 2. The minimum atomic E-state index is -0.454. The third-order valence-electron chi connectivity index (χ3n) is 0.235. The molecule has 0 saturated carbocycles. The van der Waals surface area contributed by atoms with E-state index in [1.54, 1.807) is 0 Å². The second-order valence-electron chi connectivity index (χ2n) is 0.754. The van der Waals surface area contributed by atoms with Crippen molar-refractivity contribution in [2.24, 2.45) is 0 Å².